The Bertz CT molecular complexity index is 648. The summed E-state index contributed by atoms with van der Waals surface area (Å²) in [5, 5.41) is 2.96. The average molecular weight is 323 g/mol. The smallest absolute Gasteiger partial charge is 0.186 e. The fourth-order valence-electron chi connectivity index (χ4n) is 1.55. The highest BCUT2D eigenvalue weighted by Crippen LogP contribution is 2.30. The molecule has 1 nitrogen and oxygen atoms in total. The minimum Gasteiger partial charge on any atom is -0.289 e. The molecule has 0 spiro atoms. The Hall–Kier alpha value is -1.22. The first-order chi connectivity index (χ1) is 9.56. The number of halogens is 2. The predicted molar refractivity (Wildman–Crippen MR) is 87.0 cm³/mol. The third-order valence-electron chi connectivity index (χ3n) is 2.64. The average Bonchev–Trinajstić information content (AvgIpc) is 2.43. The molecule has 2 aromatic rings. The van der Waals surface area contributed by atoms with Gasteiger partial charge >= 0.3 is 0 Å². The molecular weight excluding hydrogens is 311 g/mol. The second kappa shape index (κ2) is 6.98. The molecule has 0 fully saturated rings. The van der Waals surface area contributed by atoms with E-state index in [1.165, 1.54) is 17.8 Å². The number of carbonyl (C=O) groups is 1. The predicted octanol–water partition coefficient (Wildman–Crippen LogP) is 5.79. The van der Waals surface area contributed by atoms with Crippen molar-refractivity contribution in [3.8, 4) is 0 Å². The number of ketones is 1. The quantitative estimate of drug-likeness (QED) is 0.402. The highest BCUT2D eigenvalue weighted by atomic mass is 35.5. The minimum atomic E-state index is -0.0318. The molecule has 0 amide bonds. The molecule has 102 valence electrons. The van der Waals surface area contributed by atoms with Crippen LogP contribution in [-0.4, -0.2) is 5.78 Å². The molecule has 0 N–H and O–H groups in total. The third-order valence-corrected chi connectivity index (χ3v) is 4.18. The maximum absolute atomic E-state index is 11.9. The molecular formula is C16H12Cl2OS. The van der Waals surface area contributed by atoms with Crippen molar-refractivity contribution in [1.29, 1.82) is 0 Å². The molecule has 0 aliphatic carbocycles. The number of benzene rings is 2. The van der Waals surface area contributed by atoms with E-state index in [4.69, 9.17) is 23.2 Å². The van der Waals surface area contributed by atoms with Crippen LogP contribution in [0.3, 0.4) is 0 Å². The Morgan fingerprint density at radius 1 is 1.10 bits per heavy atom. The molecule has 0 aromatic heterocycles. The van der Waals surface area contributed by atoms with Gasteiger partial charge in [0.05, 0.1) is 5.02 Å². The molecule has 0 saturated heterocycles. The Morgan fingerprint density at radius 2 is 1.80 bits per heavy atom. The molecule has 2 aromatic carbocycles. The molecule has 0 radical (unpaired) electrons. The number of carbonyl (C=O) groups excluding carboxylic acids is 1. The summed E-state index contributed by atoms with van der Waals surface area (Å²) in [5.74, 6) is -0.0318. The van der Waals surface area contributed by atoms with Crippen LogP contribution in [0, 0.1) is 6.92 Å². The highest BCUT2D eigenvalue weighted by Gasteiger charge is 2.02. The largest absolute Gasteiger partial charge is 0.289 e. The van der Waals surface area contributed by atoms with E-state index in [1.807, 2.05) is 31.2 Å². The summed E-state index contributed by atoms with van der Waals surface area (Å²) >= 11 is 13.3. The van der Waals surface area contributed by atoms with Gasteiger partial charge in [-0.15, -0.1) is 0 Å². The summed E-state index contributed by atoms with van der Waals surface area (Å²) in [6.07, 6.45) is 1.53. The molecule has 0 bridgehead atoms. The van der Waals surface area contributed by atoms with Gasteiger partial charge < -0.3 is 0 Å². The molecule has 0 aliphatic heterocycles. The third kappa shape index (κ3) is 4.14. The maximum atomic E-state index is 11.9. The van der Waals surface area contributed by atoms with Crippen molar-refractivity contribution < 1.29 is 4.79 Å². The van der Waals surface area contributed by atoms with Crippen molar-refractivity contribution in [1.82, 2.24) is 0 Å². The van der Waals surface area contributed by atoms with E-state index < -0.39 is 0 Å². The molecule has 0 saturated carbocycles. The molecule has 0 heterocycles. The Morgan fingerprint density at radius 3 is 2.50 bits per heavy atom. The van der Waals surface area contributed by atoms with Gasteiger partial charge in [0.25, 0.3) is 0 Å². The van der Waals surface area contributed by atoms with Crippen molar-refractivity contribution in [2.45, 2.75) is 11.8 Å². The zero-order valence-electron chi connectivity index (χ0n) is 10.8. The van der Waals surface area contributed by atoms with Crippen LogP contribution in [0.5, 0.6) is 0 Å². The van der Waals surface area contributed by atoms with Crippen molar-refractivity contribution >= 4 is 40.7 Å². The first kappa shape index (κ1) is 15.2. The van der Waals surface area contributed by atoms with Crippen LogP contribution in [0.15, 0.2) is 58.8 Å². The molecule has 20 heavy (non-hydrogen) atoms. The summed E-state index contributed by atoms with van der Waals surface area (Å²) in [6.45, 7) is 1.99. The second-order valence-electron chi connectivity index (χ2n) is 4.23. The van der Waals surface area contributed by atoms with Crippen molar-refractivity contribution in [3.05, 3.63) is 75.1 Å². The van der Waals surface area contributed by atoms with Gasteiger partial charge in [-0.2, -0.15) is 0 Å². The fraction of sp³-hybridized carbons (Fsp3) is 0.0625. The molecule has 0 aliphatic rings. The van der Waals surface area contributed by atoms with Gasteiger partial charge in [-0.05, 0) is 36.6 Å². The van der Waals surface area contributed by atoms with Gasteiger partial charge in [0, 0.05) is 15.5 Å². The normalized spacial score (nSPS) is 10.9. The zero-order valence-corrected chi connectivity index (χ0v) is 13.1. The maximum Gasteiger partial charge on any atom is 0.186 e. The number of aryl methyl sites for hydroxylation is 1. The van der Waals surface area contributed by atoms with Crippen LogP contribution in [-0.2, 0) is 0 Å². The van der Waals surface area contributed by atoms with E-state index in [2.05, 4.69) is 0 Å². The molecule has 0 atom stereocenters. The molecule has 2 rings (SSSR count). The Balaban J connectivity index is 2.04. The van der Waals surface area contributed by atoms with E-state index in [0.29, 0.717) is 15.6 Å². The lowest BCUT2D eigenvalue weighted by Gasteiger charge is -2.00. The van der Waals surface area contributed by atoms with Gasteiger partial charge in [0.2, 0.25) is 0 Å². The van der Waals surface area contributed by atoms with Gasteiger partial charge in [-0.25, -0.2) is 0 Å². The molecule has 0 unspecified atom stereocenters. The number of allylic oxidation sites excluding steroid dienone is 1. The van der Waals surface area contributed by atoms with E-state index in [1.54, 1.807) is 23.6 Å². The first-order valence-electron chi connectivity index (χ1n) is 5.95. The van der Waals surface area contributed by atoms with Gasteiger partial charge in [0.15, 0.2) is 5.78 Å². The summed E-state index contributed by atoms with van der Waals surface area (Å²) < 4.78 is 0. The standard InChI is InChI=1S/C16H12Cl2OS/c1-11-2-4-12(5-3-11)15(19)8-9-20-16-10-13(17)6-7-14(16)18/h2-10H,1H3. The van der Waals surface area contributed by atoms with Gasteiger partial charge in [0.1, 0.15) is 0 Å². The van der Waals surface area contributed by atoms with Gasteiger partial charge in [-0.3, -0.25) is 4.79 Å². The Kier molecular flexibility index (Phi) is 5.30. The lowest BCUT2D eigenvalue weighted by molar-refractivity contribution is 0.104. The van der Waals surface area contributed by atoms with Crippen LogP contribution < -0.4 is 0 Å². The van der Waals surface area contributed by atoms with Gasteiger partial charge in [-0.1, -0.05) is 64.8 Å². The summed E-state index contributed by atoms with van der Waals surface area (Å²) in [7, 11) is 0. The van der Waals surface area contributed by atoms with Crippen LogP contribution in [0.4, 0.5) is 0 Å². The lowest BCUT2D eigenvalue weighted by atomic mass is 10.1. The Labute approximate surface area is 132 Å². The van der Waals surface area contributed by atoms with Crippen molar-refractivity contribution in [3.63, 3.8) is 0 Å². The fourth-order valence-corrected chi connectivity index (χ4v) is 2.75. The second-order valence-corrected chi connectivity index (χ2v) is 6.02. The number of thioether (sulfide) groups is 1. The summed E-state index contributed by atoms with van der Waals surface area (Å²) in [5.41, 5.74) is 1.80. The number of rotatable bonds is 4. The monoisotopic (exact) mass is 322 g/mol. The van der Waals surface area contributed by atoms with E-state index in [-0.39, 0.29) is 5.78 Å². The number of hydrogen-bond donors (Lipinski definition) is 0. The SMILES string of the molecule is Cc1ccc(C(=O)C=CSc2cc(Cl)ccc2Cl)cc1. The highest BCUT2D eigenvalue weighted by molar-refractivity contribution is 8.02. The zero-order chi connectivity index (χ0) is 14.5. The van der Waals surface area contributed by atoms with Crippen molar-refractivity contribution in [2.75, 3.05) is 0 Å². The molecule has 4 heteroatoms. The van der Waals surface area contributed by atoms with E-state index in [0.717, 1.165) is 10.5 Å². The van der Waals surface area contributed by atoms with Crippen LogP contribution in [0.1, 0.15) is 15.9 Å². The van der Waals surface area contributed by atoms with Crippen LogP contribution in [0.2, 0.25) is 10.0 Å². The minimum absolute atomic E-state index is 0.0318. The lowest BCUT2D eigenvalue weighted by Crippen LogP contribution is -1.93. The topological polar surface area (TPSA) is 17.1 Å². The van der Waals surface area contributed by atoms with E-state index >= 15 is 0 Å². The first-order valence-corrected chi connectivity index (χ1v) is 7.59. The van der Waals surface area contributed by atoms with Crippen molar-refractivity contribution in [2.24, 2.45) is 0 Å². The summed E-state index contributed by atoms with van der Waals surface area (Å²) in [4.78, 5) is 12.8. The number of hydrogen-bond acceptors (Lipinski definition) is 2. The summed E-state index contributed by atoms with van der Waals surface area (Å²) in [6, 6.07) is 12.7. The van der Waals surface area contributed by atoms with E-state index in [9.17, 15) is 4.79 Å². The van der Waals surface area contributed by atoms with Crippen LogP contribution >= 0.6 is 35.0 Å². The van der Waals surface area contributed by atoms with Crippen LogP contribution in [0.25, 0.3) is 0 Å².